The van der Waals surface area contributed by atoms with Crippen molar-refractivity contribution in [2.75, 3.05) is 0 Å². The Morgan fingerprint density at radius 2 is 1.26 bits per heavy atom. The van der Waals surface area contributed by atoms with Crippen molar-refractivity contribution in [3.63, 3.8) is 0 Å². The van der Waals surface area contributed by atoms with E-state index in [0.29, 0.717) is 0 Å². The van der Waals surface area contributed by atoms with Crippen LogP contribution < -0.4 is 58.2 Å². The van der Waals surface area contributed by atoms with Gasteiger partial charge in [0, 0.05) is 0 Å². The van der Waals surface area contributed by atoms with Crippen LogP contribution in [0.5, 0.6) is 0 Å². The number of hydrogen-bond acceptors (Lipinski definition) is 0. The van der Waals surface area contributed by atoms with Crippen molar-refractivity contribution in [3.05, 3.63) is 40.3 Å². The zero-order valence-corrected chi connectivity index (χ0v) is 28.8. The molecule has 4 aliphatic carbocycles. The van der Waals surface area contributed by atoms with Gasteiger partial charge < -0.3 is 6.42 Å². The van der Waals surface area contributed by atoms with Gasteiger partial charge in [0.1, 0.15) is 0 Å². The number of rotatable bonds is 6. The van der Waals surface area contributed by atoms with Crippen molar-refractivity contribution in [1.29, 1.82) is 0 Å². The zero-order valence-electron chi connectivity index (χ0n) is 23.8. The van der Waals surface area contributed by atoms with Crippen molar-refractivity contribution >= 4 is 0 Å². The van der Waals surface area contributed by atoms with E-state index in [1.807, 2.05) is 0 Å². The molecule has 0 spiro atoms. The van der Waals surface area contributed by atoms with Crippen molar-refractivity contribution < 1.29 is 58.2 Å². The molecule has 4 aliphatic rings. The number of hydrogen-bond donors (Lipinski definition) is 0. The van der Waals surface area contributed by atoms with Crippen molar-refractivity contribution in [2.24, 2.45) is 35.5 Å². The van der Waals surface area contributed by atoms with E-state index in [0.717, 1.165) is 35.5 Å². The first-order chi connectivity index (χ1) is 16.5. The number of fused-ring (bicyclic) bond motifs is 1. The summed E-state index contributed by atoms with van der Waals surface area (Å²) in [6, 6.07) is 2.68. The first-order valence-corrected chi connectivity index (χ1v) is 15.5. The maximum Gasteiger partial charge on any atom is 1.00 e. The van der Waals surface area contributed by atoms with E-state index in [4.69, 9.17) is 0 Å². The first kappa shape index (κ1) is 29.0. The normalized spacial score (nSPS) is 32.0. The molecule has 35 heavy (non-hydrogen) atoms. The summed E-state index contributed by atoms with van der Waals surface area (Å²) in [6.45, 7) is 7.36. The van der Waals surface area contributed by atoms with Gasteiger partial charge in [-0.25, -0.2) is 0 Å². The van der Waals surface area contributed by atoms with Gasteiger partial charge in [-0.3, -0.25) is 0 Å². The quantitative estimate of drug-likeness (QED) is 0.346. The Morgan fingerprint density at radius 1 is 0.686 bits per heavy atom. The molecule has 0 amide bonds. The Kier molecular flexibility index (Phi) is 11.5. The van der Waals surface area contributed by atoms with Crippen LogP contribution in [0.1, 0.15) is 131 Å². The minimum absolute atomic E-state index is 0. The molecule has 3 saturated carbocycles. The zero-order chi connectivity index (χ0) is 23.5. The third kappa shape index (κ3) is 7.79. The molecule has 1 unspecified atom stereocenters. The predicted molar refractivity (Wildman–Crippen MR) is 147 cm³/mol. The van der Waals surface area contributed by atoms with E-state index in [9.17, 15) is 0 Å². The van der Waals surface area contributed by atoms with Gasteiger partial charge in [0.15, 0.2) is 0 Å². The fourth-order valence-corrected chi connectivity index (χ4v) is 8.51. The predicted octanol–water partition coefficient (Wildman–Crippen LogP) is 6.76. The van der Waals surface area contributed by atoms with E-state index >= 15 is 0 Å². The van der Waals surface area contributed by atoms with E-state index in [1.54, 1.807) is 34.2 Å². The number of benzene rings is 1. The molecular weight excluding hydrogens is 494 g/mol. The smallest absolute Gasteiger partial charge is 0.328 e. The average Bonchev–Trinajstić information content (AvgIpc) is 2.86. The monoisotopic (exact) mass is 546 g/mol. The Morgan fingerprint density at radius 3 is 1.94 bits per heavy atom. The molecule has 3 fully saturated rings. The average molecular weight is 547 g/mol. The second kappa shape index (κ2) is 13.9. The van der Waals surface area contributed by atoms with Crippen molar-refractivity contribution in [2.45, 2.75) is 136 Å². The summed E-state index contributed by atoms with van der Waals surface area (Å²) in [4.78, 5) is 0. The maximum atomic E-state index is 2.68. The molecule has 0 bridgehead atoms. The van der Waals surface area contributed by atoms with Crippen molar-refractivity contribution in [1.82, 2.24) is 0 Å². The van der Waals surface area contributed by atoms with Crippen LogP contribution in [0.25, 0.3) is 0 Å². The molecule has 0 heterocycles. The minimum Gasteiger partial charge on any atom is -0.328 e. The molecule has 0 aliphatic heterocycles. The van der Waals surface area contributed by atoms with Gasteiger partial charge in [0.2, 0.25) is 0 Å². The summed E-state index contributed by atoms with van der Waals surface area (Å²) in [5.41, 5.74) is 8.50. The van der Waals surface area contributed by atoms with Gasteiger partial charge in [-0.15, -0.1) is 0 Å². The molecule has 1 aromatic rings. The minimum atomic E-state index is 0. The van der Waals surface area contributed by atoms with Gasteiger partial charge in [-0.1, -0.05) is 64.4 Å². The van der Waals surface area contributed by atoms with E-state index < -0.39 is 0 Å². The summed E-state index contributed by atoms with van der Waals surface area (Å²) in [7, 11) is 0. The largest absolute Gasteiger partial charge is 1.00 e. The molecule has 190 valence electrons. The Bertz CT molecular complexity index is 787. The summed E-state index contributed by atoms with van der Waals surface area (Å²) >= 11 is 0. The third-order valence-corrected chi connectivity index (χ3v) is 11.0. The summed E-state index contributed by atoms with van der Waals surface area (Å²) in [5, 5.41) is 0. The number of aryl methyl sites for hydroxylation is 1. The van der Waals surface area contributed by atoms with Crippen molar-refractivity contribution in [3.8, 4) is 0 Å². The second-order valence-corrected chi connectivity index (χ2v) is 13.5. The van der Waals surface area contributed by atoms with Crippen LogP contribution in [0, 0.1) is 55.8 Å². The maximum absolute atomic E-state index is 2.68. The van der Waals surface area contributed by atoms with Gasteiger partial charge in [-0.2, -0.15) is 12.8 Å². The molecule has 1 heteroatoms. The summed E-state index contributed by atoms with van der Waals surface area (Å²) in [5.74, 6) is 6.00. The molecule has 0 aromatic heterocycles. The molecule has 0 saturated heterocycles. The van der Waals surface area contributed by atoms with Gasteiger partial charge >= 0.3 is 58.2 Å². The van der Waals surface area contributed by atoms with Crippen LogP contribution in [0.15, 0.2) is 6.07 Å². The molecule has 0 radical (unpaired) electrons. The van der Waals surface area contributed by atoms with Crippen LogP contribution in [0.2, 0.25) is 0 Å². The molecule has 1 atom stereocenters. The molecular formula is C34H53Rb. The fourth-order valence-electron chi connectivity index (χ4n) is 8.51. The van der Waals surface area contributed by atoms with Gasteiger partial charge in [0.05, 0.1) is 0 Å². The summed E-state index contributed by atoms with van der Waals surface area (Å²) < 4.78 is 0. The van der Waals surface area contributed by atoms with Crippen LogP contribution in [0.4, 0.5) is 0 Å². The Balaban J connectivity index is 0.00000289. The van der Waals surface area contributed by atoms with Gasteiger partial charge in [-0.05, 0) is 129 Å². The van der Waals surface area contributed by atoms with Crippen LogP contribution >= 0.6 is 0 Å². The summed E-state index contributed by atoms with van der Waals surface area (Å²) in [6.07, 6.45) is 28.8. The molecule has 1 aromatic carbocycles. The van der Waals surface area contributed by atoms with E-state index in [1.165, 1.54) is 109 Å². The van der Waals surface area contributed by atoms with Crippen LogP contribution in [-0.2, 0) is 19.3 Å². The second-order valence-electron chi connectivity index (χ2n) is 13.5. The molecule has 5 rings (SSSR count). The molecule has 0 nitrogen and oxygen atoms in total. The van der Waals surface area contributed by atoms with E-state index in [-0.39, 0.29) is 58.2 Å². The Hall–Kier alpha value is 1.03. The standard InChI is InChI=1S/C34H53.Rb/c1-24-9-11-28(12-10-24)19-29-13-15-30(16-14-29)21-33-23-32-18-17-31(20-27-7-5-4-6-8-27)22-34(32)26(3)25(33)2;/h4,23-24,27-31H,5-22H2,1-3H3;/q-1;+1. The van der Waals surface area contributed by atoms with Crippen LogP contribution in [0.3, 0.4) is 0 Å². The first-order valence-electron chi connectivity index (χ1n) is 15.5. The van der Waals surface area contributed by atoms with Gasteiger partial charge in [0.25, 0.3) is 0 Å². The Labute approximate surface area is 267 Å². The topological polar surface area (TPSA) is 0 Å². The fraction of sp³-hybridized carbons (Fsp3) is 0.794. The molecule has 0 N–H and O–H groups in total. The third-order valence-electron chi connectivity index (χ3n) is 11.0. The van der Waals surface area contributed by atoms with E-state index in [2.05, 4.69) is 33.3 Å². The van der Waals surface area contributed by atoms with Crippen LogP contribution in [-0.4, -0.2) is 0 Å². The SMILES string of the molecule is Cc1c(CC2CCC(CC3CCC(C)CC3)CC2)cc2c(c1C)CC(CC1CC[CH-]CC1)CC2.[Rb+].